The van der Waals surface area contributed by atoms with Gasteiger partial charge in [0.2, 0.25) is 0 Å². The molecule has 6 nitrogen and oxygen atoms in total. The van der Waals surface area contributed by atoms with Gasteiger partial charge in [0.1, 0.15) is 0 Å². The lowest BCUT2D eigenvalue weighted by molar-refractivity contribution is 0.0912. The van der Waals surface area contributed by atoms with Crippen LogP contribution in [-0.4, -0.2) is 30.5 Å². The van der Waals surface area contributed by atoms with E-state index in [0.29, 0.717) is 11.1 Å². The van der Waals surface area contributed by atoms with Crippen LogP contribution in [0, 0.1) is 0 Å². The molecule has 0 radical (unpaired) electrons. The summed E-state index contributed by atoms with van der Waals surface area (Å²) in [5.74, 6) is -0.259. The van der Waals surface area contributed by atoms with Gasteiger partial charge in [-0.3, -0.25) is 9.78 Å². The molecule has 1 amide bonds. The molecule has 0 saturated carbocycles. The first-order valence-electron chi connectivity index (χ1n) is 6.59. The van der Waals surface area contributed by atoms with Crippen LogP contribution in [0.5, 0.6) is 0 Å². The first-order valence-corrected chi connectivity index (χ1v) is 8.48. The molecule has 0 aromatic carbocycles. The average Bonchev–Trinajstić information content (AvgIpc) is 2.47. The second-order valence-corrected chi connectivity index (χ2v) is 7.43. The minimum Gasteiger partial charge on any atom is -0.343 e. The summed E-state index contributed by atoms with van der Waals surface area (Å²) in [6.45, 7) is 3.60. The monoisotopic (exact) mass is 319 g/mol. The fourth-order valence-electron chi connectivity index (χ4n) is 1.93. The maximum Gasteiger partial charge on any atom is 0.252 e. The highest BCUT2D eigenvalue weighted by Gasteiger charge is 2.25. The molecule has 0 saturated heterocycles. The van der Waals surface area contributed by atoms with Crippen LogP contribution in [0.15, 0.2) is 47.9 Å². The number of aromatic nitrogens is 2. The van der Waals surface area contributed by atoms with Crippen LogP contribution >= 0.6 is 0 Å². The highest BCUT2D eigenvalue weighted by Crippen LogP contribution is 2.22. The van der Waals surface area contributed by atoms with Crippen molar-refractivity contribution in [2.75, 3.05) is 6.26 Å². The van der Waals surface area contributed by atoms with Gasteiger partial charge in [0, 0.05) is 30.4 Å². The number of sulfone groups is 1. The van der Waals surface area contributed by atoms with E-state index in [-0.39, 0.29) is 10.9 Å². The molecule has 116 valence electrons. The second kappa shape index (κ2) is 5.84. The maximum absolute atomic E-state index is 12.2. The van der Waals surface area contributed by atoms with Crippen molar-refractivity contribution in [2.24, 2.45) is 0 Å². The lowest BCUT2D eigenvalue weighted by Crippen LogP contribution is -2.41. The fraction of sp³-hybridized carbons (Fsp3) is 0.267. The topological polar surface area (TPSA) is 89.0 Å². The SMILES string of the molecule is CC(C)(NC(=O)c1ccncc1)c1ccnc(S(C)(=O)=O)c1. The lowest BCUT2D eigenvalue weighted by atomic mass is 9.95. The zero-order valence-electron chi connectivity index (χ0n) is 12.6. The Morgan fingerprint density at radius 3 is 2.36 bits per heavy atom. The van der Waals surface area contributed by atoms with Crippen molar-refractivity contribution >= 4 is 15.7 Å². The van der Waals surface area contributed by atoms with Crippen LogP contribution in [0.2, 0.25) is 0 Å². The predicted octanol–water partition coefficient (Wildman–Crippen LogP) is 1.55. The Morgan fingerprint density at radius 1 is 1.14 bits per heavy atom. The number of hydrogen-bond acceptors (Lipinski definition) is 5. The van der Waals surface area contributed by atoms with Crippen molar-refractivity contribution in [3.63, 3.8) is 0 Å². The zero-order chi connectivity index (χ0) is 16.4. The van der Waals surface area contributed by atoms with Crippen molar-refractivity contribution in [3.05, 3.63) is 54.0 Å². The van der Waals surface area contributed by atoms with E-state index < -0.39 is 15.4 Å². The second-order valence-electron chi connectivity index (χ2n) is 5.47. The molecule has 0 atom stereocenters. The molecule has 0 fully saturated rings. The van der Waals surface area contributed by atoms with Crippen LogP contribution in [-0.2, 0) is 15.4 Å². The van der Waals surface area contributed by atoms with Gasteiger partial charge < -0.3 is 5.32 Å². The third-order valence-electron chi connectivity index (χ3n) is 3.20. The number of carbonyl (C=O) groups excluding carboxylic acids is 1. The molecule has 0 unspecified atom stereocenters. The highest BCUT2D eigenvalue weighted by molar-refractivity contribution is 7.90. The molecule has 1 N–H and O–H groups in total. The Hall–Kier alpha value is -2.28. The van der Waals surface area contributed by atoms with Crippen LogP contribution in [0.25, 0.3) is 0 Å². The number of amides is 1. The zero-order valence-corrected chi connectivity index (χ0v) is 13.4. The molecule has 2 heterocycles. The molecule has 22 heavy (non-hydrogen) atoms. The normalized spacial score (nSPS) is 12.0. The predicted molar refractivity (Wildman–Crippen MR) is 82.1 cm³/mol. The molecule has 0 aliphatic rings. The summed E-state index contributed by atoms with van der Waals surface area (Å²) in [6.07, 6.45) is 5.60. The van der Waals surface area contributed by atoms with E-state index in [0.717, 1.165) is 6.26 Å². The standard InChI is InChI=1S/C15H17N3O3S/c1-15(2,18-14(19)11-4-7-16-8-5-11)12-6-9-17-13(10-12)22(3,20)21/h4-10H,1-3H3,(H,18,19). The minimum atomic E-state index is -3.40. The molecule has 0 aliphatic carbocycles. The maximum atomic E-state index is 12.2. The molecule has 0 aliphatic heterocycles. The lowest BCUT2D eigenvalue weighted by Gasteiger charge is -2.27. The summed E-state index contributed by atoms with van der Waals surface area (Å²) in [5.41, 5.74) is 0.397. The number of pyridine rings is 2. The van der Waals surface area contributed by atoms with Gasteiger partial charge in [-0.05, 0) is 43.7 Å². The van der Waals surface area contributed by atoms with E-state index in [4.69, 9.17) is 0 Å². The molecular weight excluding hydrogens is 302 g/mol. The molecule has 2 aromatic rings. The molecule has 7 heteroatoms. The molecule has 0 spiro atoms. The number of rotatable bonds is 4. The number of nitrogens with zero attached hydrogens (tertiary/aromatic N) is 2. The quantitative estimate of drug-likeness (QED) is 0.923. The number of hydrogen-bond donors (Lipinski definition) is 1. The van der Waals surface area contributed by atoms with Crippen molar-refractivity contribution < 1.29 is 13.2 Å². The minimum absolute atomic E-state index is 0.0174. The van der Waals surface area contributed by atoms with Crippen LogP contribution in [0.3, 0.4) is 0 Å². The first-order chi connectivity index (χ1) is 10.2. The summed E-state index contributed by atoms with van der Waals surface area (Å²) in [5, 5.41) is 2.86. The average molecular weight is 319 g/mol. The summed E-state index contributed by atoms with van der Waals surface area (Å²) in [7, 11) is -3.40. The Labute approximate surface area is 129 Å². The Balaban J connectivity index is 2.29. The van der Waals surface area contributed by atoms with E-state index in [1.807, 2.05) is 0 Å². The van der Waals surface area contributed by atoms with Crippen LogP contribution in [0.1, 0.15) is 29.8 Å². The Bertz CT molecular complexity index is 787. The third-order valence-corrected chi connectivity index (χ3v) is 4.19. The van der Waals surface area contributed by atoms with Gasteiger partial charge in [-0.15, -0.1) is 0 Å². The molecule has 0 bridgehead atoms. The van der Waals surface area contributed by atoms with Crippen molar-refractivity contribution in [1.29, 1.82) is 0 Å². The summed E-state index contributed by atoms with van der Waals surface area (Å²) in [6, 6.07) is 6.38. The van der Waals surface area contributed by atoms with E-state index in [9.17, 15) is 13.2 Å². The van der Waals surface area contributed by atoms with Gasteiger partial charge in [-0.2, -0.15) is 0 Å². The summed E-state index contributed by atoms with van der Waals surface area (Å²) in [4.78, 5) is 20.0. The summed E-state index contributed by atoms with van der Waals surface area (Å²) < 4.78 is 23.2. The van der Waals surface area contributed by atoms with Gasteiger partial charge in [-0.1, -0.05) is 0 Å². The van der Waals surface area contributed by atoms with Gasteiger partial charge in [0.15, 0.2) is 14.9 Å². The van der Waals surface area contributed by atoms with Crippen molar-refractivity contribution in [2.45, 2.75) is 24.4 Å². The first kappa shape index (κ1) is 16.1. The van der Waals surface area contributed by atoms with Crippen LogP contribution in [0.4, 0.5) is 0 Å². The smallest absolute Gasteiger partial charge is 0.252 e. The van der Waals surface area contributed by atoms with Crippen molar-refractivity contribution in [3.8, 4) is 0 Å². The Kier molecular flexibility index (Phi) is 4.27. The van der Waals surface area contributed by atoms with E-state index in [2.05, 4.69) is 15.3 Å². The summed E-state index contributed by atoms with van der Waals surface area (Å²) >= 11 is 0. The van der Waals surface area contributed by atoms with E-state index in [1.54, 1.807) is 32.0 Å². The van der Waals surface area contributed by atoms with Crippen molar-refractivity contribution in [1.82, 2.24) is 15.3 Å². The van der Waals surface area contributed by atoms with Gasteiger partial charge in [0.05, 0.1) is 5.54 Å². The molecule has 2 rings (SSSR count). The van der Waals surface area contributed by atoms with Gasteiger partial charge >= 0.3 is 0 Å². The van der Waals surface area contributed by atoms with Crippen LogP contribution < -0.4 is 5.32 Å². The Morgan fingerprint density at radius 2 is 1.77 bits per heavy atom. The van der Waals surface area contributed by atoms with Gasteiger partial charge in [-0.25, -0.2) is 13.4 Å². The molecule has 2 aromatic heterocycles. The number of carbonyl (C=O) groups is 1. The third kappa shape index (κ3) is 3.67. The van der Waals surface area contributed by atoms with Gasteiger partial charge in [0.25, 0.3) is 5.91 Å². The van der Waals surface area contributed by atoms with E-state index in [1.165, 1.54) is 24.7 Å². The fourth-order valence-corrected chi connectivity index (χ4v) is 2.53. The highest BCUT2D eigenvalue weighted by atomic mass is 32.2. The molecular formula is C15H17N3O3S. The number of nitrogens with one attached hydrogen (secondary N) is 1. The van der Waals surface area contributed by atoms with E-state index >= 15 is 0 Å². The largest absolute Gasteiger partial charge is 0.343 e.